The Labute approximate surface area is 178 Å². The molecule has 0 N–H and O–H groups in total. The SMILES string of the molecule is CC(=O)ON1C(=O)c2cc(C(=O)OC3CCCC3)c(C(=O)OC3CCCC3)cc2C1=O. The summed E-state index contributed by atoms with van der Waals surface area (Å²) >= 11 is 0. The summed E-state index contributed by atoms with van der Waals surface area (Å²) in [7, 11) is 0. The molecule has 9 nitrogen and oxygen atoms in total. The number of carbonyl (C=O) groups is 5. The predicted octanol–water partition coefficient (Wildman–Crippen LogP) is 2.96. The minimum Gasteiger partial charge on any atom is -0.459 e. The molecule has 1 aromatic carbocycles. The zero-order chi connectivity index (χ0) is 22.1. The van der Waals surface area contributed by atoms with Gasteiger partial charge in [-0.05, 0) is 63.5 Å². The molecule has 1 aliphatic heterocycles. The van der Waals surface area contributed by atoms with E-state index in [4.69, 9.17) is 14.3 Å². The van der Waals surface area contributed by atoms with E-state index in [9.17, 15) is 24.0 Å². The zero-order valence-electron chi connectivity index (χ0n) is 17.2. The highest BCUT2D eigenvalue weighted by Gasteiger charge is 2.41. The zero-order valence-corrected chi connectivity index (χ0v) is 17.2. The largest absolute Gasteiger partial charge is 0.459 e. The average Bonchev–Trinajstić information content (AvgIpc) is 3.47. The van der Waals surface area contributed by atoms with Crippen molar-refractivity contribution in [2.24, 2.45) is 0 Å². The normalized spacial score (nSPS) is 18.9. The standard InChI is InChI=1S/C22H23NO8/c1-12(24)31-23-19(25)15-10-17(21(27)29-13-6-2-3-7-13)18(11-16(15)20(23)26)22(28)30-14-8-4-5-9-14/h10-11,13-14H,2-9H2,1H3. The van der Waals surface area contributed by atoms with Crippen LogP contribution in [0.2, 0.25) is 0 Å². The number of hydrogen-bond donors (Lipinski definition) is 0. The van der Waals surface area contributed by atoms with Crippen LogP contribution in [0.4, 0.5) is 0 Å². The molecular weight excluding hydrogens is 406 g/mol. The molecule has 2 amide bonds. The molecule has 0 spiro atoms. The Balaban J connectivity index is 1.69. The fourth-order valence-corrected chi connectivity index (χ4v) is 4.26. The molecule has 1 heterocycles. The van der Waals surface area contributed by atoms with Crippen LogP contribution in [-0.2, 0) is 19.1 Å². The maximum atomic E-state index is 12.9. The Morgan fingerprint density at radius 3 is 1.52 bits per heavy atom. The quantitative estimate of drug-likeness (QED) is 0.518. The fraction of sp³-hybridized carbons (Fsp3) is 0.500. The van der Waals surface area contributed by atoms with Crippen molar-refractivity contribution in [2.45, 2.75) is 70.5 Å². The van der Waals surface area contributed by atoms with Crippen molar-refractivity contribution < 1.29 is 38.3 Å². The van der Waals surface area contributed by atoms with E-state index in [1.807, 2.05) is 0 Å². The van der Waals surface area contributed by atoms with Crippen molar-refractivity contribution in [3.63, 3.8) is 0 Å². The van der Waals surface area contributed by atoms with Gasteiger partial charge in [0.1, 0.15) is 12.2 Å². The van der Waals surface area contributed by atoms with E-state index in [0.29, 0.717) is 5.06 Å². The number of imide groups is 1. The van der Waals surface area contributed by atoms with E-state index in [-0.39, 0.29) is 34.5 Å². The highest BCUT2D eigenvalue weighted by atomic mass is 16.7. The van der Waals surface area contributed by atoms with E-state index >= 15 is 0 Å². The third-order valence-corrected chi connectivity index (χ3v) is 5.80. The molecule has 2 saturated carbocycles. The fourth-order valence-electron chi connectivity index (χ4n) is 4.26. The van der Waals surface area contributed by atoms with Gasteiger partial charge in [-0.3, -0.25) is 9.59 Å². The molecule has 31 heavy (non-hydrogen) atoms. The molecule has 0 unspecified atom stereocenters. The minimum absolute atomic E-state index is 0.137. The van der Waals surface area contributed by atoms with Gasteiger partial charge in [-0.1, -0.05) is 5.06 Å². The lowest BCUT2D eigenvalue weighted by Crippen LogP contribution is -2.31. The number of ether oxygens (including phenoxy) is 2. The number of fused-ring (bicyclic) bond motifs is 1. The highest BCUT2D eigenvalue weighted by molar-refractivity contribution is 6.22. The molecule has 0 atom stereocenters. The van der Waals surface area contributed by atoms with Crippen molar-refractivity contribution in [1.82, 2.24) is 5.06 Å². The molecule has 0 bridgehead atoms. The first-order valence-electron chi connectivity index (χ1n) is 10.5. The van der Waals surface area contributed by atoms with E-state index in [2.05, 4.69) is 0 Å². The second-order valence-corrected chi connectivity index (χ2v) is 8.05. The van der Waals surface area contributed by atoms with Crippen LogP contribution >= 0.6 is 0 Å². The van der Waals surface area contributed by atoms with Gasteiger partial charge in [0.25, 0.3) is 11.8 Å². The lowest BCUT2D eigenvalue weighted by atomic mass is 9.99. The van der Waals surface area contributed by atoms with Crippen LogP contribution in [0.5, 0.6) is 0 Å². The summed E-state index contributed by atoms with van der Waals surface area (Å²) in [5, 5.41) is 0.325. The van der Waals surface area contributed by atoms with Gasteiger partial charge < -0.3 is 14.3 Å². The minimum atomic E-state index is -0.888. The third-order valence-electron chi connectivity index (χ3n) is 5.80. The summed E-state index contributed by atoms with van der Waals surface area (Å²) in [6.07, 6.45) is 6.21. The second kappa shape index (κ2) is 8.49. The van der Waals surface area contributed by atoms with Crippen molar-refractivity contribution in [1.29, 1.82) is 0 Å². The Morgan fingerprint density at radius 1 is 0.774 bits per heavy atom. The summed E-state index contributed by atoms with van der Waals surface area (Å²) < 4.78 is 11.1. The average molecular weight is 429 g/mol. The van der Waals surface area contributed by atoms with Crippen molar-refractivity contribution in [3.8, 4) is 0 Å². The second-order valence-electron chi connectivity index (χ2n) is 8.05. The van der Waals surface area contributed by atoms with Crippen LogP contribution in [0.1, 0.15) is 99.7 Å². The summed E-state index contributed by atoms with van der Waals surface area (Å²) in [5.74, 6) is -4.13. The van der Waals surface area contributed by atoms with Gasteiger partial charge in [-0.2, -0.15) is 0 Å². The van der Waals surface area contributed by atoms with E-state index in [0.717, 1.165) is 70.4 Å². The van der Waals surface area contributed by atoms with E-state index < -0.39 is 29.7 Å². The highest BCUT2D eigenvalue weighted by Crippen LogP contribution is 2.30. The first kappa shape index (κ1) is 21.0. The van der Waals surface area contributed by atoms with Gasteiger partial charge in [-0.25, -0.2) is 14.4 Å². The van der Waals surface area contributed by atoms with Gasteiger partial charge in [0.15, 0.2) is 0 Å². The Morgan fingerprint density at radius 2 is 1.16 bits per heavy atom. The predicted molar refractivity (Wildman–Crippen MR) is 104 cm³/mol. The van der Waals surface area contributed by atoms with Crippen LogP contribution in [0.3, 0.4) is 0 Å². The van der Waals surface area contributed by atoms with Crippen LogP contribution in [0, 0.1) is 0 Å². The smallest absolute Gasteiger partial charge is 0.339 e. The maximum Gasteiger partial charge on any atom is 0.339 e. The number of carbonyl (C=O) groups excluding carboxylic acids is 5. The molecule has 0 radical (unpaired) electrons. The number of esters is 2. The number of rotatable bonds is 5. The lowest BCUT2D eigenvalue weighted by molar-refractivity contribution is -0.165. The van der Waals surface area contributed by atoms with Gasteiger partial charge >= 0.3 is 17.9 Å². The molecule has 4 rings (SSSR count). The number of nitrogens with zero attached hydrogens (tertiary/aromatic N) is 1. The molecule has 164 valence electrons. The van der Waals surface area contributed by atoms with Crippen molar-refractivity contribution >= 4 is 29.7 Å². The Bertz CT molecular complexity index is 888. The molecule has 9 heteroatoms. The topological polar surface area (TPSA) is 116 Å². The first-order valence-corrected chi connectivity index (χ1v) is 10.5. The van der Waals surface area contributed by atoms with Crippen molar-refractivity contribution in [2.75, 3.05) is 0 Å². The number of benzene rings is 1. The molecule has 1 aromatic rings. The van der Waals surface area contributed by atoms with Crippen LogP contribution in [0.25, 0.3) is 0 Å². The van der Waals surface area contributed by atoms with E-state index in [1.54, 1.807) is 0 Å². The van der Waals surface area contributed by atoms with Gasteiger partial charge in [-0.15, -0.1) is 0 Å². The third kappa shape index (κ3) is 4.17. The Hall–Kier alpha value is -3.23. The molecule has 2 fully saturated rings. The molecule has 3 aliphatic rings. The van der Waals surface area contributed by atoms with Gasteiger partial charge in [0.2, 0.25) is 0 Å². The maximum absolute atomic E-state index is 12.9. The Kier molecular flexibility index (Phi) is 5.75. The number of hydroxylamine groups is 2. The lowest BCUT2D eigenvalue weighted by Gasteiger charge is -2.16. The number of amides is 2. The summed E-state index contributed by atoms with van der Waals surface area (Å²) in [4.78, 5) is 66.9. The molecule has 0 aromatic heterocycles. The summed E-state index contributed by atoms with van der Waals surface area (Å²) in [6, 6.07) is 2.31. The van der Waals surface area contributed by atoms with Crippen LogP contribution < -0.4 is 0 Å². The monoisotopic (exact) mass is 429 g/mol. The molecular formula is C22H23NO8. The van der Waals surface area contributed by atoms with Gasteiger partial charge in [0.05, 0.1) is 22.3 Å². The molecule has 0 saturated heterocycles. The molecule has 2 aliphatic carbocycles. The van der Waals surface area contributed by atoms with Crippen LogP contribution in [0.15, 0.2) is 12.1 Å². The first-order chi connectivity index (χ1) is 14.8. The van der Waals surface area contributed by atoms with E-state index in [1.165, 1.54) is 0 Å². The summed E-state index contributed by atoms with van der Waals surface area (Å²) in [6.45, 7) is 1.05. The summed E-state index contributed by atoms with van der Waals surface area (Å²) in [5.41, 5.74) is -0.553. The van der Waals surface area contributed by atoms with Crippen molar-refractivity contribution in [3.05, 3.63) is 34.4 Å². The number of hydrogen-bond acceptors (Lipinski definition) is 8. The van der Waals surface area contributed by atoms with Gasteiger partial charge in [0, 0.05) is 6.92 Å². The van der Waals surface area contributed by atoms with Crippen LogP contribution in [-0.4, -0.2) is 47.0 Å².